The first kappa shape index (κ1) is 15.7. The number of esters is 1. The van der Waals surface area contributed by atoms with Crippen LogP contribution in [0.25, 0.3) is 0 Å². The van der Waals surface area contributed by atoms with Crippen molar-refractivity contribution in [2.45, 2.75) is 13.3 Å². The van der Waals surface area contributed by atoms with E-state index in [2.05, 4.69) is 16.6 Å². The Morgan fingerprint density at radius 3 is 2.60 bits per heavy atom. The molecular formula is C15H18N2O3. The molecule has 0 aliphatic rings. The number of benzene rings is 1. The van der Waals surface area contributed by atoms with E-state index in [1.807, 2.05) is 6.92 Å². The predicted octanol–water partition coefficient (Wildman–Crippen LogP) is 1.41. The van der Waals surface area contributed by atoms with Crippen molar-refractivity contribution in [2.75, 3.05) is 25.0 Å². The largest absolute Gasteiger partial charge is 0.462 e. The lowest BCUT2D eigenvalue weighted by molar-refractivity contribution is -0.115. The zero-order valence-corrected chi connectivity index (χ0v) is 11.4. The molecule has 0 radical (unpaired) electrons. The van der Waals surface area contributed by atoms with Crippen LogP contribution in [0.4, 0.5) is 5.69 Å². The van der Waals surface area contributed by atoms with E-state index in [-0.39, 0.29) is 18.4 Å². The number of hydrogen-bond acceptors (Lipinski definition) is 4. The fourth-order valence-corrected chi connectivity index (χ4v) is 1.42. The second-order valence-corrected chi connectivity index (χ2v) is 4.07. The molecule has 0 aromatic heterocycles. The Kier molecular flexibility index (Phi) is 6.87. The van der Waals surface area contributed by atoms with Gasteiger partial charge in [-0.05, 0) is 30.7 Å². The molecule has 0 atom stereocenters. The van der Waals surface area contributed by atoms with Gasteiger partial charge in [0.05, 0.1) is 25.3 Å². The van der Waals surface area contributed by atoms with Crippen molar-refractivity contribution in [3.8, 4) is 12.3 Å². The normalized spacial score (nSPS) is 9.60. The smallest absolute Gasteiger partial charge is 0.338 e. The SMILES string of the molecule is C#CCNCC(=O)Nc1ccc(C(=O)OCCC)cc1. The van der Waals surface area contributed by atoms with Crippen LogP contribution in [0, 0.1) is 12.3 Å². The van der Waals surface area contributed by atoms with Crippen molar-refractivity contribution in [1.82, 2.24) is 5.32 Å². The van der Waals surface area contributed by atoms with Crippen molar-refractivity contribution in [1.29, 1.82) is 0 Å². The lowest BCUT2D eigenvalue weighted by Gasteiger charge is -2.07. The molecule has 1 rings (SSSR count). The minimum absolute atomic E-state index is 0.143. The summed E-state index contributed by atoms with van der Waals surface area (Å²) in [6.07, 6.45) is 5.84. The van der Waals surface area contributed by atoms with Crippen LogP contribution in [0.2, 0.25) is 0 Å². The van der Waals surface area contributed by atoms with E-state index in [1.165, 1.54) is 0 Å². The third-order valence-electron chi connectivity index (χ3n) is 2.35. The van der Waals surface area contributed by atoms with Gasteiger partial charge in [0.15, 0.2) is 0 Å². The lowest BCUT2D eigenvalue weighted by Crippen LogP contribution is -2.28. The lowest BCUT2D eigenvalue weighted by atomic mass is 10.2. The quantitative estimate of drug-likeness (QED) is 0.448. The maximum atomic E-state index is 11.6. The highest BCUT2D eigenvalue weighted by Gasteiger charge is 2.07. The van der Waals surface area contributed by atoms with Crippen LogP contribution in [0.3, 0.4) is 0 Å². The summed E-state index contributed by atoms with van der Waals surface area (Å²) in [4.78, 5) is 23.1. The number of amides is 1. The Morgan fingerprint density at radius 2 is 2.00 bits per heavy atom. The molecule has 5 nitrogen and oxygen atoms in total. The fraction of sp³-hybridized carbons (Fsp3) is 0.333. The number of rotatable bonds is 7. The Balaban J connectivity index is 2.48. The van der Waals surface area contributed by atoms with Crippen LogP contribution < -0.4 is 10.6 Å². The maximum absolute atomic E-state index is 11.6. The predicted molar refractivity (Wildman–Crippen MR) is 77.3 cm³/mol. The molecule has 1 aromatic rings. The van der Waals surface area contributed by atoms with Gasteiger partial charge in [-0.2, -0.15) is 0 Å². The van der Waals surface area contributed by atoms with Crippen molar-refractivity contribution < 1.29 is 14.3 Å². The Bertz CT molecular complexity index is 489. The summed E-state index contributed by atoms with van der Waals surface area (Å²) in [5, 5.41) is 5.47. The summed E-state index contributed by atoms with van der Waals surface area (Å²) < 4.78 is 5.01. The van der Waals surface area contributed by atoms with Crippen molar-refractivity contribution in [3.63, 3.8) is 0 Å². The highest BCUT2D eigenvalue weighted by atomic mass is 16.5. The highest BCUT2D eigenvalue weighted by molar-refractivity contribution is 5.94. The zero-order valence-electron chi connectivity index (χ0n) is 11.4. The zero-order chi connectivity index (χ0) is 14.8. The summed E-state index contributed by atoms with van der Waals surface area (Å²) in [5.74, 6) is 1.83. The number of nitrogens with one attached hydrogen (secondary N) is 2. The van der Waals surface area contributed by atoms with Crippen LogP contribution in [0.5, 0.6) is 0 Å². The van der Waals surface area contributed by atoms with Gasteiger partial charge < -0.3 is 10.1 Å². The van der Waals surface area contributed by atoms with Crippen LogP contribution in [-0.2, 0) is 9.53 Å². The number of carbonyl (C=O) groups excluding carboxylic acids is 2. The van der Waals surface area contributed by atoms with Gasteiger partial charge in [0.1, 0.15) is 0 Å². The molecule has 0 bridgehead atoms. The van der Waals surface area contributed by atoms with Gasteiger partial charge in [-0.15, -0.1) is 6.42 Å². The summed E-state index contributed by atoms with van der Waals surface area (Å²) in [5.41, 5.74) is 1.08. The van der Waals surface area contributed by atoms with Gasteiger partial charge in [-0.1, -0.05) is 12.8 Å². The second-order valence-electron chi connectivity index (χ2n) is 4.07. The van der Waals surface area contributed by atoms with E-state index >= 15 is 0 Å². The first-order chi connectivity index (χ1) is 9.67. The van der Waals surface area contributed by atoms with Crippen LogP contribution in [0.1, 0.15) is 23.7 Å². The average Bonchev–Trinajstić information content (AvgIpc) is 2.46. The molecule has 0 fully saturated rings. The second kappa shape index (κ2) is 8.73. The molecule has 0 saturated heterocycles. The van der Waals surface area contributed by atoms with Gasteiger partial charge >= 0.3 is 5.97 Å². The van der Waals surface area contributed by atoms with Gasteiger partial charge in [0.25, 0.3) is 0 Å². The molecule has 0 unspecified atom stereocenters. The van der Waals surface area contributed by atoms with Crippen LogP contribution >= 0.6 is 0 Å². The van der Waals surface area contributed by atoms with Crippen molar-refractivity contribution >= 4 is 17.6 Å². The minimum Gasteiger partial charge on any atom is -0.462 e. The summed E-state index contributed by atoms with van der Waals surface area (Å²) in [6, 6.07) is 6.54. The molecular weight excluding hydrogens is 256 g/mol. The van der Waals surface area contributed by atoms with Gasteiger partial charge in [-0.3, -0.25) is 10.1 Å². The molecule has 5 heteroatoms. The molecule has 0 spiro atoms. The minimum atomic E-state index is -0.361. The monoisotopic (exact) mass is 274 g/mol. The molecule has 0 aliphatic carbocycles. The number of terminal acetylenes is 1. The standard InChI is InChI=1S/C15H18N2O3/c1-3-9-16-11-14(18)17-13-7-5-12(6-8-13)15(19)20-10-4-2/h1,5-8,16H,4,9-11H2,2H3,(H,17,18). The first-order valence-corrected chi connectivity index (χ1v) is 6.38. The number of anilines is 1. The number of carbonyl (C=O) groups is 2. The Hall–Kier alpha value is -2.32. The van der Waals surface area contributed by atoms with Crippen molar-refractivity contribution in [3.05, 3.63) is 29.8 Å². The molecule has 20 heavy (non-hydrogen) atoms. The average molecular weight is 274 g/mol. The molecule has 2 N–H and O–H groups in total. The molecule has 0 saturated carbocycles. The third kappa shape index (κ3) is 5.55. The van der Waals surface area contributed by atoms with E-state index in [9.17, 15) is 9.59 Å². The van der Waals surface area contributed by atoms with E-state index in [0.717, 1.165) is 6.42 Å². The van der Waals surface area contributed by atoms with E-state index in [1.54, 1.807) is 24.3 Å². The Morgan fingerprint density at radius 1 is 1.30 bits per heavy atom. The number of hydrogen-bond donors (Lipinski definition) is 2. The third-order valence-corrected chi connectivity index (χ3v) is 2.35. The summed E-state index contributed by atoms with van der Waals surface area (Å²) >= 11 is 0. The summed E-state index contributed by atoms with van der Waals surface area (Å²) in [7, 11) is 0. The van der Waals surface area contributed by atoms with Gasteiger partial charge in [-0.25, -0.2) is 4.79 Å². The highest BCUT2D eigenvalue weighted by Crippen LogP contribution is 2.10. The fourth-order valence-electron chi connectivity index (χ4n) is 1.42. The Labute approximate surface area is 118 Å². The van der Waals surface area contributed by atoms with E-state index < -0.39 is 0 Å². The molecule has 106 valence electrons. The molecule has 1 amide bonds. The van der Waals surface area contributed by atoms with Crippen molar-refractivity contribution in [2.24, 2.45) is 0 Å². The first-order valence-electron chi connectivity index (χ1n) is 6.38. The number of ether oxygens (including phenoxy) is 1. The van der Waals surface area contributed by atoms with Gasteiger partial charge in [0.2, 0.25) is 5.91 Å². The van der Waals surface area contributed by atoms with Gasteiger partial charge in [0, 0.05) is 5.69 Å². The van der Waals surface area contributed by atoms with Crippen LogP contribution in [0.15, 0.2) is 24.3 Å². The molecule has 0 aliphatic heterocycles. The topological polar surface area (TPSA) is 67.4 Å². The molecule has 1 aromatic carbocycles. The van der Waals surface area contributed by atoms with E-state index in [4.69, 9.17) is 11.2 Å². The maximum Gasteiger partial charge on any atom is 0.338 e. The summed E-state index contributed by atoms with van der Waals surface area (Å²) in [6.45, 7) is 2.82. The molecule has 0 heterocycles. The van der Waals surface area contributed by atoms with E-state index in [0.29, 0.717) is 24.4 Å². The van der Waals surface area contributed by atoms with Crippen LogP contribution in [-0.4, -0.2) is 31.6 Å².